The molecule has 1 heterocycles. The molecule has 0 N–H and O–H groups in total. The van der Waals surface area contributed by atoms with Gasteiger partial charge in [-0.1, -0.05) is 11.6 Å². The number of methoxy groups -OCH3 is 1. The third kappa shape index (κ3) is 2.46. The van der Waals surface area contributed by atoms with E-state index in [0.717, 1.165) is 0 Å². The van der Waals surface area contributed by atoms with Crippen molar-refractivity contribution in [1.29, 1.82) is 0 Å². The summed E-state index contributed by atoms with van der Waals surface area (Å²) < 4.78 is 17.0. The van der Waals surface area contributed by atoms with Crippen molar-refractivity contribution < 1.29 is 18.8 Å². The molecule has 0 atom stereocenters. The molecule has 1 aromatic carbocycles. The van der Waals surface area contributed by atoms with Crippen LogP contribution in [0.2, 0.25) is 5.02 Å². The normalized spacial score (nSPS) is 20.0. The lowest BCUT2D eigenvalue weighted by Crippen LogP contribution is -2.41. The molecule has 0 aliphatic carbocycles. The van der Waals surface area contributed by atoms with Gasteiger partial charge in [0.2, 0.25) is 0 Å². The summed E-state index contributed by atoms with van der Waals surface area (Å²) in [5, 5.41) is 0.363. The first-order valence-corrected chi connectivity index (χ1v) is 6.78. The van der Waals surface area contributed by atoms with Gasteiger partial charge in [0, 0.05) is 0 Å². The fourth-order valence-corrected chi connectivity index (χ4v) is 2.37. The van der Waals surface area contributed by atoms with Gasteiger partial charge in [-0.3, -0.25) is 4.79 Å². The maximum atomic E-state index is 11.1. The fraction of sp³-hybridized carbons (Fsp3) is 0.500. The van der Waals surface area contributed by atoms with E-state index in [1.807, 2.05) is 27.7 Å². The fourth-order valence-electron chi connectivity index (χ4n) is 2.05. The molecular formula is C14H18BClO4. The standard InChI is InChI=1S/C14H18BClO4/c1-13(2)14(3,4)20-15(19-13)10-6-9(8-17)12(18-5)11(16)7-10/h6-8H,1-5H3. The van der Waals surface area contributed by atoms with E-state index in [1.165, 1.54) is 7.11 Å². The number of halogens is 1. The Hall–Kier alpha value is -1.04. The molecule has 0 spiro atoms. The number of aldehydes is 1. The summed E-state index contributed by atoms with van der Waals surface area (Å²) in [5.41, 5.74) is 0.206. The maximum Gasteiger partial charge on any atom is 0.494 e. The van der Waals surface area contributed by atoms with Crippen LogP contribution in [0.4, 0.5) is 0 Å². The zero-order valence-corrected chi connectivity index (χ0v) is 13.1. The number of carbonyl (C=O) groups is 1. The average molecular weight is 297 g/mol. The molecule has 0 saturated carbocycles. The summed E-state index contributed by atoms with van der Waals surface area (Å²) in [6, 6.07) is 3.38. The molecule has 1 aliphatic heterocycles. The smallest absolute Gasteiger partial charge is 0.494 e. The van der Waals surface area contributed by atoms with Crippen molar-refractivity contribution in [3.63, 3.8) is 0 Å². The Bertz CT molecular complexity index is 526. The van der Waals surface area contributed by atoms with E-state index in [9.17, 15) is 4.79 Å². The van der Waals surface area contributed by atoms with Crippen LogP contribution in [0, 0.1) is 0 Å². The van der Waals surface area contributed by atoms with Gasteiger partial charge in [-0.2, -0.15) is 0 Å². The first-order chi connectivity index (χ1) is 9.21. The van der Waals surface area contributed by atoms with Gasteiger partial charge in [0.25, 0.3) is 0 Å². The molecule has 108 valence electrons. The number of rotatable bonds is 3. The Labute approximate surface area is 124 Å². The molecule has 1 saturated heterocycles. The average Bonchev–Trinajstić information content (AvgIpc) is 2.57. The van der Waals surface area contributed by atoms with Crippen LogP contribution in [-0.4, -0.2) is 31.7 Å². The Morgan fingerprint density at radius 2 is 1.75 bits per heavy atom. The summed E-state index contributed by atoms with van der Waals surface area (Å²) in [6.07, 6.45) is 0.708. The lowest BCUT2D eigenvalue weighted by atomic mass is 9.78. The minimum absolute atomic E-state index is 0.363. The highest BCUT2D eigenvalue weighted by Crippen LogP contribution is 2.37. The molecule has 1 fully saturated rings. The quantitative estimate of drug-likeness (QED) is 0.635. The molecule has 6 heteroatoms. The van der Waals surface area contributed by atoms with Gasteiger partial charge < -0.3 is 14.0 Å². The van der Waals surface area contributed by atoms with Crippen LogP contribution in [0.15, 0.2) is 12.1 Å². The lowest BCUT2D eigenvalue weighted by molar-refractivity contribution is 0.00578. The lowest BCUT2D eigenvalue weighted by Gasteiger charge is -2.32. The number of ether oxygens (including phenoxy) is 1. The monoisotopic (exact) mass is 296 g/mol. The van der Waals surface area contributed by atoms with Gasteiger partial charge in [-0.05, 0) is 45.3 Å². The summed E-state index contributed by atoms with van der Waals surface area (Å²) >= 11 is 6.14. The highest BCUT2D eigenvalue weighted by molar-refractivity contribution is 6.62. The third-order valence-corrected chi connectivity index (χ3v) is 4.23. The van der Waals surface area contributed by atoms with Crippen molar-refractivity contribution in [1.82, 2.24) is 0 Å². The summed E-state index contributed by atoms with van der Waals surface area (Å²) in [6.45, 7) is 7.88. The van der Waals surface area contributed by atoms with E-state index in [4.69, 9.17) is 25.6 Å². The molecule has 1 aliphatic rings. The van der Waals surface area contributed by atoms with Gasteiger partial charge >= 0.3 is 7.12 Å². The van der Waals surface area contributed by atoms with E-state index in [2.05, 4.69) is 0 Å². The number of hydrogen-bond acceptors (Lipinski definition) is 4. The van der Waals surface area contributed by atoms with Crippen molar-refractivity contribution in [2.24, 2.45) is 0 Å². The summed E-state index contributed by atoms with van der Waals surface area (Å²) in [5.74, 6) is 0.363. The summed E-state index contributed by atoms with van der Waals surface area (Å²) in [4.78, 5) is 11.1. The van der Waals surface area contributed by atoms with E-state index in [0.29, 0.717) is 28.1 Å². The van der Waals surface area contributed by atoms with Crippen LogP contribution in [0.1, 0.15) is 38.1 Å². The molecule has 0 unspecified atom stereocenters. The van der Waals surface area contributed by atoms with Crippen molar-refractivity contribution >= 4 is 30.5 Å². The zero-order valence-electron chi connectivity index (χ0n) is 12.3. The highest BCUT2D eigenvalue weighted by Gasteiger charge is 2.51. The second kappa shape index (κ2) is 5.06. The van der Waals surface area contributed by atoms with E-state index < -0.39 is 18.3 Å². The molecule has 20 heavy (non-hydrogen) atoms. The van der Waals surface area contributed by atoms with E-state index >= 15 is 0 Å². The predicted octanol–water partition coefficient (Wildman–Crippen LogP) is 2.46. The minimum atomic E-state index is -0.554. The Morgan fingerprint density at radius 1 is 1.20 bits per heavy atom. The van der Waals surface area contributed by atoms with Crippen LogP contribution in [0.25, 0.3) is 0 Å². The van der Waals surface area contributed by atoms with E-state index in [1.54, 1.807) is 12.1 Å². The first kappa shape index (κ1) is 15.4. The first-order valence-electron chi connectivity index (χ1n) is 6.40. The maximum absolute atomic E-state index is 11.1. The SMILES string of the molecule is COc1c(Cl)cc(B2OC(C)(C)C(C)(C)O2)cc1C=O. The van der Waals surface area contributed by atoms with Crippen LogP contribution in [-0.2, 0) is 9.31 Å². The Kier molecular flexibility index (Phi) is 3.89. The van der Waals surface area contributed by atoms with Crippen molar-refractivity contribution in [3.8, 4) is 5.75 Å². The second-order valence-corrected chi connectivity index (χ2v) is 6.24. The molecule has 0 amide bonds. The molecule has 4 nitrogen and oxygen atoms in total. The molecule has 0 aromatic heterocycles. The van der Waals surface area contributed by atoms with Gasteiger partial charge in [0.05, 0.1) is 28.9 Å². The van der Waals surface area contributed by atoms with E-state index in [-0.39, 0.29) is 0 Å². The molecular weight excluding hydrogens is 278 g/mol. The van der Waals surface area contributed by atoms with Gasteiger partial charge in [0.15, 0.2) is 6.29 Å². The topological polar surface area (TPSA) is 44.8 Å². The Morgan fingerprint density at radius 3 is 2.20 bits per heavy atom. The number of hydrogen-bond donors (Lipinski definition) is 0. The van der Waals surface area contributed by atoms with Gasteiger partial charge in [0.1, 0.15) is 5.75 Å². The highest BCUT2D eigenvalue weighted by atomic mass is 35.5. The van der Waals surface area contributed by atoms with Crippen LogP contribution in [0.3, 0.4) is 0 Å². The van der Waals surface area contributed by atoms with Crippen LogP contribution in [0.5, 0.6) is 5.75 Å². The predicted molar refractivity (Wildman–Crippen MR) is 79.1 cm³/mol. The van der Waals surface area contributed by atoms with Crippen molar-refractivity contribution in [2.75, 3.05) is 7.11 Å². The number of benzene rings is 1. The summed E-state index contributed by atoms with van der Waals surface area (Å²) in [7, 11) is 0.921. The van der Waals surface area contributed by atoms with Crippen LogP contribution < -0.4 is 10.2 Å². The molecule has 0 bridgehead atoms. The Balaban J connectivity index is 2.41. The minimum Gasteiger partial charge on any atom is -0.494 e. The zero-order chi connectivity index (χ0) is 15.1. The van der Waals surface area contributed by atoms with Gasteiger partial charge in [-0.15, -0.1) is 0 Å². The molecule has 0 radical (unpaired) electrons. The van der Waals surface area contributed by atoms with Crippen molar-refractivity contribution in [2.45, 2.75) is 38.9 Å². The second-order valence-electron chi connectivity index (χ2n) is 5.83. The van der Waals surface area contributed by atoms with Crippen molar-refractivity contribution in [3.05, 3.63) is 22.7 Å². The van der Waals surface area contributed by atoms with Crippen LogP contribution >= 0.6 is 11.6 Å². The largest absolute Gasteiger partial charge is 0.494 e. The molecule has 1 aromatic rings. The molecule has 2 rings (SSSR count). The van der Waals surface area contributed by atoms with Gasteiger partial charge in [-0.25, -0.2) is 0 Å². The third-order valence-electron chi connectivity index (χ3n) is 3.95. The number of carbonyl (C=O) groups excluding carboxylic acids is 1.